The number of hydrogen-bond donors (Lipinski definition) is 1. The second-order valence-electron chi connectivity index (χ2n) is 6.13. The van der Waals surface area contributed by atoms with Crippen molar-refractivity contribution in [3.63, 3.8) is 0 Å². The van der Waals surface area contributed by atoms with E-state index in [0.29, 0.717) is 31.7 Å². The van der Waals surface area contributed by atoms with Crippen LogP contribution in [0.25, 0.3) is 0 Å². The average molecular weight is 340 g/mol. The topological polar surface area (TPSA) is 66.6 Å². The quantitative estimate of drug-likeness (QED) is 0.911. The molecule has 1 fully saturated rings. The van der Waals surface area contributed by atoms with Crippen molar-refractivity contribution in [1.82, 2.24) is 9.80 Å². The Hall–Kier alpha value is -1.59. The molecule has 0 aliphatic carbocycles. The zero-order chi connectivity index (χ0) is 16.3. The molecule has 1 aromatic carbocycles. The molecular formula is C17H26ClN3O2. The number of carbonyl (C=O) groups is 2. The number of nitrogens with two attached hydrogens (primary N) is 1. The number of amides is 2. The molecule has 1 aliphatic rings. The van der Waals surface area contributed by atoms with Gasteiger partial charge in [0, 0.05) is 37.8 Å². The van der Waals surface area contributed by atoms with Gasteiger partial charge in [-0.15, -0.1) is 12.4 Å². The van der Waals surface area contributed by atoms with E-state index in [2.05, 4.69) is 0 Å². The third-order valence-corrected chi connectivity index (χ3v) is 4.36. The van der Waals surface area contributed by atoms with Gasteiger partial charge >= 0.3 is 0 Å². The molecule has 2 atom stereocenters. The summed E-state index contributed by atoms with van der Waals surface area (Å²) in [6.45, 7) is 8.00. The van der Waals surface area contributed by atoms with Gasteiger partial charge in [0.25, 0.3) is 5.91 Å². The molecule has 6 heteroatoms. The lowest BCUT2D eigenvalue weighted by Crippen LogP contribution is -2.53. The number of benzene rings is 1. The lowest BCUT2D eigenvalue weighted by atomic mass is 10.0. The molecule has 0 bridgehead atoms. The molecule has 5 nitrogen and oxygen atoms in total. The van der Waals surface area contributed by atoms with Gasteiger partial charge in [0.05, 0.1) is 5.92 Å². The number of piperazine rings is 1. The Labute approximate surface area is 144 Å². The Bertz CT molecular complexity index is 537. The highest BCUT2D eigenvalue weighted by atomic mass is 35.5. The van der Waals surface area contributed by atoms with Crippen molar-refractivity contribution in [1.29, 1.82) is 0 Å². The Morgan fingerprint density at radius 1 is 1.00 bits per heavy atom. The molecule has 0 saturated carbocycles. The van der Waals surface area contributed by atoms with Crippen LogP contribution in [0.2, 0.25) is 0 Å². The highest BCUT2D eigenvalue weighted by Gasteiger charge is 2.28. The minimum atomic E-state index is -0.181. The molecule has 1 aliphatic heterocycles. The van der Waals surface area contributed by atoms with Crippen LogP contribution in [0.4, 0.5) is 0 Å². The predicted octanol–water partition coefficient (Wildman–Crippen LogP) is 1.68. The summed E-state index contributed by atoms with van der Waals surface area (Å²) in [5.74, 6) is -0.0656. The Morgan fingerprint density at radius 3 is 1.96 bits per heavy atom. The van der Waals surface area contributed by atoms with Gasteiger partial charge in [-0.1, -0.05) is 24.6 Å². The van der Waals surface area contributed by atoms with Crippen molar-refractivity contribution in [2.45, 2.75) is 26.8 Å². The van der Waals surface area contributed by atoms with Crippen molar-refractivity contribution in [2.75, 3.05) is 26.2 Å². The van der Waals surface area contributed by atoms with Gasteiger partial charge in [-0.25, -0.2) is 0 Å². The van der Waals surface area contributed by atoms with Crippen LogP contribution >= 0.6 is 12.4 Å². The zero-order valence-corrected chi connectivity index (χ0v) is 14.8. The van der Waals surface area contributed by atoms with E-state index in [4.69, 9.17) is 5.73 Å². The monoisotopic (exact) mass is 339 g/mol. The summed E-state index contributed by atoms with van der Waals surface area (Å²) in [6.07, 6.45) is 0. The maximum Gasteiger partial charge on any atom is 0.253 e. The Balaban J connectivity index is 0.00000264. The lowest BCUT2D eigenvalue weighted by Gasteiger charge is -2.36. The smallest absolute Gasteiger partial charge is 0.253 e. The minimum absolute atomic E-state index is 0. The average Bonchev–Trinajstić information content (AvgIpc) is 2.53. The summed E-state index contributed by atoms with van der Waals surface area (Å²) >= 11 is 0. The number of hydrogen-bond acceptors (Lipinski definition) is 3. The van der Waals surface area contributed by atoms with Crippen LogP contribution in [-0.4, -0.2) is 53.8 Å². The SMILES string of the molecule is Cc1ccc(C(=O)N2CCN(C(=O)C(C)C(C)N)CC2)cc1.Cl. The molecule has 0 aromatic heterocycles. The molecule has 128 valence electrons. The van der Waals surface area contributed by atoms with Gasteiger partial charge < -0.3 is 15.5 Å². The molecule has 2 N–H and O–H groups in total. The lowest BCUT2D eigenvalue weighted by molar-refractivity contribution is -0.137. The third kappa shape index (κ3) is 4.69. The highest BCUT2D eigenvalue weighted by Crippen LogP contribution is 2.13. The molecule has 1 aromatic rings. The molecule has 0 radical (unpaired) electrons. The van der Waals surface area contributed by atoms with E-state index >= 15 is 0 Å². The maximum absolute atomic E-state index is 12.4. The number of nitrogens with zero attached hydrogens (tertiary/aromatic N) is 2. The van der Waals surface area contributed by atoms with Crippen molar-refractivity contribution in [3.8, 4) is 0 Å². The third-order valence-electron chi connectivity index (χ3n) is 4.36. The van der Waals surface area contributed by atoms with Gasteiger partial charge in [0.15, 0.2) is 0 Å². The fourth-order valence-electron chi connectivity index (χ4n) is 2.52. The minimum Gasteiger partial charge on any atom is -0.339 e. The van der Waals surface area contributed by atoms with E-state index in [1.54, 1.807) is 0 Å². The van der Waals surface area contributed by atoms with Gasteiger partial charge in [-0.05, 0) is 26.0 Å². The predicted molar refractivity (Wildman–Crippen MR) is 93.7 cm³/mol. The van der Waals surface area contributed by atoms with Crippen LogP contribution < -0.4 is 5.73 Å². The van der Waals surface area contributed by atoms with Crippen LogP contribution in [0.15, 0.2) is 24.3 Å². The summed E-state index contributed by atoms with van der Waals surface area (Å²) in [5.41, 5.74) is 7.63. The maximum atomic E-state index is 12.4. The Kier molecular flexibility index (Phi) is 7.03. The number of rotatable bonds is 3. The first-order valence-corrected chi connectivity index (χ1v) is 7.80. The zero-order valence-electron chi connectivity index (χ0n) is 14.0. The van der Waals surface area contributed by atoms with E-state index in [-0.39, 0.29) is 36.2 Å². The van der Waals surface area contributed by atoms with Crippen molar-refractivity contribution < 1.29 is 9.59 Å². The van der Waals surface area contributed by atoms with Crippen LogP contribution in [0.3, 0.4) is 0 Å². The number of aryl methyl sites for hydroxylation is 1. The molecule has 23 heavy (non-hydrogen) atoms. The van der Waals surface area contributed by atoms with Crippen molar-refractivity contribution >= 4 is 24.2 Å². The first-order chi connectivity index (χ1) is 10.4. The second kappa shape index (κ2) is 8.31. The fourth-order valence-corrected chi connectivity index (χ4v) is 2.52. The number of carbonyl (C=O) groups excluding carboxylic acids is 2. The van der Waals surface area contributed by atoms with Crippen molar-refractivity contribution in [3.05, 3.63) is 35.4 Å². The second-order valence-corrected chi connectivity index (χ2v) is 6.13. The summed E-state index contributed by atoms with van der Waals surface area (Å²) in [6, 6.07) is 7.44. The van der Waals surface area contributed by atoms with E-state index in [1.807, 2.05) is 54.8 Å². The van der Waals surface area contributed by atoms with Gasteiger partial charge in [0.2, 0.25) is 5.91 Å². The molecule has 0 spiro atoms. The van der Waals surface area contributed by atoms with Crippen LogP contribution in [0.1, 0.15) is 29.8 Å². The van der Waals surface area contributed by atoms with Crippen LogP contribution in [0, 0.1) is 12.8 Å². The largest absolute Gasteiger partial charge is 0.339 e. The molecule has 2 amide bonds. The fraction of sp³-hybridized carbons (Fsp3) is 0.529. The van der Waals surface area contributed by atoms with E-state index < -0.39 is 0 Å². The van der Waals surface area contributed by atoms with E-state index in [0.717, 1.165) is 5.56 Å². The highest BCUT2D eigenvalue weighted by molar-refractivity contribution is 5.94. The summed E-state index contributed by atoms with van der Waals surface area (Å²) in [4.78, 5) is 28.3. The first-order valence-electron chi connectivity index (χ1n) is 7.80. The number of halogens is 1. The summed E-state index contributed by atoms with van der Waals surface area (Å²) in [5, 5.41) is 0. The van der Waals surface area contributed by atoms with E-state index in [9.17, 15) is 9.59 Å². The summed E-state index contributed by atoms with van der Waals surface area (Å²) in [7, 11) is 0. The van der Waals surface area contributed by atoms with E-state index in [1.165, 1.54) is 0 Å². The van der Waals surface area contributed by atoms with Crippen LogP contribution in [-0.2, 0) is 4.79 Å². The standard InChI is InChI=1S/C17H25N3O2.ClH/c1-12-4-6-15(7-5-12)17(22)20-10-8-19(9-11-20)16(21)13(2)14(3)18;/h4-7,13-14H,8-11,18H2,1-3H3;1H. The Morgan fingerprint density at radius 2 is 1.48 bits per heavy atom. The molecular weight excluding hydrogens is 314 g/mol. The summed E-state index contributed by atoms with van der Waals surface area (Å²) < 4.78 is 0. The van der Waals surface area contributed by atoms with Gasteiger partial charge in [-0.3, -0.25) is 9.59 Å². The van der Waals surface area contributed by atoms with Crippen LogP contribution in [0.5, 0.6) is 0 Å². The molecule has 1 heterocycles. The molecule has 1 saturated heterocycles. The first kappa shape index (κ1) is 19.5. The normalized spacial score (nSPS) is 17.2. The van der Waals surface area contributed by atoms with Gasteiger partial charge in [-0.2, -0.15) is 0 Å². The molecule has 2 rings (SSSR count). The van der Waals surface area contributed by atoms with Crippen molar-refractivity contribution in [2.24, 2.45) is 11.7 Å². The van der Waals surface area contributed by atoms with Gasteiger partial charge in [0.1, 0.15) is 0 Å². The molecule has 2 unspecified atom stereocenters.